The summed E-state index contributed by atoms with van der Waals surface area (Å²) in [4.78, 5) is 11.7. The Morgan fingerprint density at radius 1 is 1.29 bits per heavy atom. The van der Waals surface area contributed by atoms with Gasteiger partial charge < -0.3 is 10.6 Å². The molecule has 2 aromatic rings. The second-order valence-corrected chi connectivity index (χ2v) is 4.10. The number of nitrogens with zero attached hydrogens (tertiary/aromatic N) is 2. The summed E-state index contributed by atoms with van der Waals surface area (Å²) in [7, 11) is 1.70. The Morgan fingerprint density at radius 3 is 2.59 bits per heavy atom. The van der Waals surface area contributed by atoms with E-state index in [4.69, 9.17) is 0 Å². The minimum Gasteiger partial charge on any atom is -0.363 e. The van der Waals surface area contributed by atoms with E-state index in [1.54, 1.807) is 7.05 Å². The predicted octanol–water partition coefficient (Wildman–Crippen LogP) is 1.97. The topological polar surface area (TPSA) is 66.9 Å². The van der Waals surface area contributed by atoms with Crippen molar-refractivity contribution in [3.8, 4) is 0 Å². The lowest BCUT2D eigenvalue weighted by molar-refractivity contribution is 0.102. The van der Waals surface area contributed by atoms with Gasteiger partial charge in [-0.3, -0.25) is 4.79 Å². The fraction of sp³-hybridized carbons (Fsp3) is 0.100. The molecule has 1 aromatic carbocycles. The highest BCUT2D eigenvalue weighted by Gasteiger charge is 2.12. The van der Waals surface area contributed by atoms with Crippen LogP contribution < -0.4 is 10.6 Å². The summed E-state index contributed by atoms with van der Waals surface area (Å²) in [6.45, 7) is 0. The molecule has 88 valence electrons. The molecule has 0 saturated heterocycles. The van der Waals surface area contributed by atoms with Crippen molar-refractivity contribution < 1.29 is 9.18 Å². The van der Waals surface area contributed by atoms with Gasteiger partial charge in [0.15, 0.2) is 0 Å². The van der Waals surface area contributed by atoms with Crippen LogP contribution in [0.3, 0.4) is 0 Å². The van der Waals surface area contributed by atoms with Crippen molar-refractivity contribution in [1.29, 1.82) is 0 Å². The van der Waals surface area contributed by atoms with Gasteiger partial charge in [-0.2, -0.15) is 0 Å². The Bertz CT molecular complexity index is 525. The van der Waals surface area contributed by atoms with Gasteiger partial charge in [0.1, 0.15) is 5.82 Å². The number of aromatic nitrogens is 2. The number of amides is 1. The maximum atomic E-state index is 12.7. The quantitative estimate of drug-likeness (QED) is 0.876. The first-order valence-electron chi connectivity index (χ1n) is 4.77. The number of hydrogen-bond acceptors (Lipinski definition) is 5. The molecule has 0 saturated carbocycles. The molecule has 0 atom stereocenters. The van der Waals surface area contributed by atoms with Crippen molar-refractivity contribution in [2.45, 2.75) is 0 Å². The maximum absolute atomic E-state index is 12.7. The zero-order chi connectivity index (χ0) is 12.3. The minimum atomic E-state index is -0.365. The highest BCUT2D eigenvalue weighted by atomic mass is 32.1. The smallest absolute Gasteiger partial charge is 0.286 e. The first-order chi connectivity index (χ1) is 8.19. The van der Waals surface area contributed by atoms with Crippen LogP contribution in [0, 0.1) is 5.82 Å². The van der Waals surface area contributed by atoms with Crippen LogP contribution in [0.5, 0.6) is 0 Å². The van der Waals surface area contributed by atoms with Gasteiger partial charge >= 0.3 is 0 Å². The summed E-state index contributed by atoms with van der Waals surface area (Å²) in [5.41, 5.74) is 0.512. The summed E-state index contributed by atoms with van der Waals surface area (Å²) < 4.78 is 12.7. The van der Waals surface area contributed by atoms with Crippen LogP contribution in [0.1, 0.15) is 9.80 Å². The summed E-state index contributed by atoms with van der Waals surface area (Å²) >= 11 is 1.14. The summed E-state index contributed by atoms with van der Waals surface area (Å²) in [6.07, 6.45) is 0. The molecule has 17 heavy (non-hydrogen) atoms. The van der Waals surface area contributed by atoms with Gasteiger partial charge in [0.25, 0.3) is 5.91 Å². The molecule has 0 radical (unpaired) electrons. The highest BCUT2D eigenvalue weighted by Crippen LogP contribution is 2.16. The monoisotopic (exact) mass is 252 g/mol. The van der Waals surface area contributed by atoms with Crippen molar-refractivity contribution in [3.05, 3.63) is 35.1 Å². The number of anilines is 2. The molecule has 7 heteroatoms. The molecule has 0 fully saturated rings. The van der Waals surface area contributed by atoms with Crippen LogP contribution in [0.2, 0.25) is 0 Å². The lowest BCUT2D eigenvalue weighted by Crippen LogP contribution is -2.11. The van der Waals surface area contributed by atoms with E-state index in [1.165, 1.54) is 24.3 Å². The number of rotatable bonds is 3. The number of hydrogen-bond donors (Lipinski definition) is 2. The van der Waals surface area contributed by atoms with Crippen LogP contribution in [-0.2, 0) is 0 Å². The third kappa shape index (κ3) is 2.76. The Kier molecular flexibility index (Phi) is 3.29. The van der Waals surface area contributed by atoms with Gasteiger partial charge in [0.05, 0.1) is 0 Å². The van der Waals surface area contributed by atoms with Crippen LogP contribution in [0.15, 0.2) is 24.3 Å². The second-order valence-electron chi connectivity index (χ2n) is 3.12. The molecule has 0 unspecified atom stereocenters. The Labute approximate surface area is 101 Å². The van der Waals surface area contributed by atoms with Crippen molar-refractivity contribution in [3.63, 3.8) is 0 Å². The molecule has 1 amide bonds. The predicted molar refractivity (Wildman–Crippen MR) is 63.8 cm³/mol. The van der Waals surface area contributed by atoms with E-state index in [2.05, 4.69) is 20.8 Å². The van der Waals surface area contributed by atoms with E-state index < -0.39 is 0 Å². The highest BCUT2D eigenvalue weighted by molar-refractivity contribution is 7.17. The van der Waals surface area contributed by atoms with E-state index in [9.17, 15) is 9.18 Å². The van der Waals surface area contributed by atoms with Crippen molar-refractivity contribution in [2.24, 2.45) is 0 Å². The Balaban J connectivity index is 2.08. The van der Waals surface area contributed by atoms with Gasteiger partial charge in [-0.1, -0.05) is 11.3 Å². The first kappa shape index (κ1) is 11.5. The van der Waals surface area contributed by atoms with Crippen molar-refractivity contribution in [2.75, 3.05) is 17.7 Å². The maximum Gasteiger partial charge on any atom is 0.286 e. The number of benzene rings is 1. The van der Waals surface area contributed by atoms with Gasteiger partial charge in [0.2, 0.25) is 10.1 Å². The third-order valence-corrected chi connectivity index (χ3v) is 2.87. The molecule has 0 aliphatic rings. The standard InChI is InChI=1S/C10H9FN4OS/c1-12-10-15-14-9(17-10)8(16)13-7-4-2-6(11)3-5-7/h2-5H,1H3,(H,12,15)(H,13,16). The molecule has 5 nitrogen and oxygen atoms in total. The molecule has 0 bridgehead atoms. The van der Waals surface area contributed by atoms with Gasteiger partial charge in [-0.05, 0) is 24.3 Å². The van der Waals surface area contributed by atoms with Crippen LogP contribution in [-0.4, -0.2) is 23.2 Å². The van der Waals surface area contributed by atoms with Gasteiger partial charge in [0, 0.05) is 12.7 Å². The van der Waals surface area contributed by atoms with E-state index in [1.807, 2.05) is 0 Å². The Hall–Kier alpha value is -2.02. The van der Waals surface area contributed by atoms with E-state index in [-0.39, 0.29) is 16.7 Å². The lowest BCUT2D eigenvalue weighted by Gasteiger charge is -2.01. The molecule has 0 spiro atoms. The average Bonchev–Trinajstić information content (AvgIpc) is 2.81. The molecule has 2 N–H and O–H groups in total. The van der Waals surface area contributed by atoms with Crippen molar-refractivity contribution in [1.82, 2.24) is 10.2 Å². The van der Waals surface area contributed by atoms with Crippen LogP contribution in [0.25, 0.3) is 0 Å². The first-order valence-corrected chi connectivity index (χ1v) is 5.59. The molecule has 0 aliphatic carbocycles. The Morgan fingerprint density at radius 2 is 2.00 bits per heavy atom. The molecule has 1 heterocycles. The van der Waals surface area contributed by atoms with Gasteiger partial charge in [-0.15, -0.1) is 10.2 Å². The number of nitrogens with one attached hydrogen (secondary N) is 2. The SMILES string of the molecule is CNc1nnc(C(=O)Nc2ccc(F)cc2)s1. The van der Waals surface area contributed by atoms with Crippen molar-refractivity contribution >= 4 is 28.1 Å². The molecular formula is C10H9FN4OS. The number of carbonyl (C=O) groups excluding carboxylic acids is 1. The third-order valence-electron chi connectivity index (χ3n) is 1.94. The summed E-state index contributed by atoms with van der Waals surface area (Å²) in [5, 5.41) is 13.7. The number of carbonyl (C=O) groups is 1. The average molecular weight is 252 g/mol. The van der Waals surface area contributed by atoms with Crippen LogP contribution in [0.4, 0.5) is 15.2 Å². The fourth-order valence-corrected chi connectivity index (χ4v) is 1.73. The fourth-order valence-electron chi connectivity index (χ4n) is 1.13. The van der Waals surface area contributed by atoms with E-state index in [0.29, 0.717) is 10.8 Å². The number of halogens is 1. The second kappa shape index (κ2) is 4.88. The molecule has 2 rings (SSSR count). The molecule has 1 aromatic heterocycles. The summed E-state index contributed by atoms with van der Waals surface area (Å²) in [5.74, 6) is -0.716. The minimum absolute atomic E-state index is 0.249. The summed E-state index contributed by atoms with van der Waals surface area (Å²) in [6, 6.07) is 5.50. The largest absolute Gasteiger partial charge is 0.363 e. The molecular weight excluding hydrogens is 243 g/mol. The van der Waals surface area contributed by atoms with E-state index >= 15 is 0 Å². The lowest BCUT2D eigenvalue weighted by atomic mass is 10.3. The zero-order valence-corrected chi connectivity index (χ0v) is 9.71. The molecule has 0 aliphatic heterocycles. The van der Waals surface area contributed by atoms with E-state index in [0.717, 1.165) is 11.3 Å². The normalized spacial score (nSPS) is 10.0. The van der Waals surface area contributed by atoms with Gasteiger partial charge in [-0.25, -0.2) is 4.39 Å². The zero-order valence-electron chi connectivity index (χ0n) is 8.90. The van der Waals surface area contributed by atoms with Crippen LogP contribution >= 0.6 is 11.3 Å².